The average molecular weight is 174 g/mol. The Morgan fingerprint density at radius 3 is 2.25 bits per heavy atom. The minimum absolute atomic E-state index is 0.154. The minimum Gasteiger partial charge on any atom is -0.373 e. The maximum atomic E-state index is 5.17. The van der Waals surface area contributed by atoms with Gasteiger partial charge in [-0.1, -0.05) is 13.3 Å². The van der Waals surface area contributed by atoms with Crippen LogP contribution in [0.5, 0.6) is 0 Å². The molecule has 0 bridgehead atoms. The molecule has 0 aromatic carbocycles. The zero-order chi connectivity index (χ0) is 8.81. The maximum absolute atomic E-state index is 5.17. The number of ether oxygens (including phenoxy) is 3. The van der Waals surface area contributed by atoms with E-state index < -0.39 is 0 Å². The van der Waals surface area contributed by atoms with E-state index >= 15 is 0 Å². The lowest BCUT2D eigenvalue weighted by molar-refractivity contribution is 0.0486. The molecule has 2 aliphatic heterocycles. The van der Waals surface area contributed by atoms with E-state index in [0.717, 1.165) is 26.2 Å². The van der Waals surface area contributed by atoms with Crippen LogP contribution in [0.1, 0.15) is 26.7 Å². The molecule has 12 heavy (non-hydrogen) atoms. The second kappa shape index (κ2) is 5.51. The second-order valence-electron chi connectivity index (χ2n) is 3.13. The summed E-state index contributed by atoms with van der Waals surface area (Å²) in [5.74, 6) is 0. The lowest BCUT2D eigenvalue weighted by atomic mass is 10.4. The van der Waals surface area contributed by atoms with Gasteiger partial charge in [0.1, 0.15) is 6.61 Å². The highest BCUT2D eigenvalue weighted by Gasteiger charge is 2.22. The van der Waals surface area contributed by atoms with Gasteiger partial charge in [0.25, 0.3) is 0 Å². The van der Waals surface area contributed by atoms with Crippen molar-refractivity contribution in [2.45, 2.75) is 39.1 Å². The number of hydrogen-bond donors (Lipinski definition) is 0. The van der Waals surface area contributed by atoms with E-state index in [9.17, 15) is 0 Å². The normalized spacial score (nSPS) is 30.5. The van der Waals surface area contributed by atoms with Crippen LogP contribution in [0, 0.1) is 0 Å². The van der Waals surface area contributed by atoms with Gasteiger partial charge in [0.15, 0.2) is 6.29 Å². The molecule has 0 amide bonds. The zero-order valence-electron chi connectivity index (χ0n) is 7.91. The molecule has 2 heterocycles. The predicted molar refractivity (Wildman–Crippen MR) is 46.0 cm³/mol. The van der Waals surface area contributed by atoms with E-state index in [-0.39, 0.29) is 6.29 Å². The lowest BCUT2D eigenvalue weighted by Gasteiger charge is -1.94. The summed E-state index contributed by atoms with van der Waals surface area (Å²) < 4.78 is 14.7. The highest BCUT2D eigenvalue weighted by Crippen LogP contribution is 2.10. The summed E-state index contributed by atoms with van der Waals surface area (Å²) in [7, 11) is 0. The minimum atomic E-state index is 0.154. The summed E-state index contributed by atoms with van der Waals surface area (Å²) in [6.07, 6.45) is 3.09. The van der Waals surface area contributed by atoms with E-state index in [1.54, 1.807) is 0 Å². The molecule has 2 unspecified atom stereocenters. The first-order valence-corrected chi connectivity index (χ1v) is 4.67. The van der Waals surface area contributed by atoms with Gasteiger partial charge >= 0.3 is 0 Å². The van der Waals surface area contributed by atoms with Crippen molar-refractivity contribution in [1.82, 2.24) is 0 Å². The van der Waals surface area contributed by atoms with Crippen molar-refractivity contribution in [3.8, 4) is 0 Å². The van der Waals surface area contributed by atoms with Crippen LogP contribution in [-0.2, 0) is 14.2 Å². The summed E-state index contributed by atoms with van der Waals surface area (Å²) in [6.45, 7) is 6.86. The highest BCUT2D eigenvalue weighted by atomic mass is 16.8. The Morgan fingerprint density at radius 1 is 1.33 bits per heavy atom. The smallest absolute Gasteiger partial charge is 0.181 e. The topological polar surface area (TPSA) is 34.3 Å². The average Bonchev–Trinajstić information content (AvgIpc) is 2.88. The van der Waals surface area contributed by atoms with E-state index in [0.29, 0.717) is 6.10 Å². The Bertz CT molecular complexity index is 108. The Hall–Kier alpha value is -0.120. The molecule has 0 spiro atoms. The third-order valence-corrected chi connectivity index (χ3v) is 1.60. The molecule has 2 saturated heterocycles. The molecule has 3 heteroatoms. The molecular weight excluding hydrogens is 156 g/mol. The number of rotatable bonds is 4. The van der Waals surface area contributed by atoms with Crippen LogP contribution in [0.2, 0.25) is 0 Å². The van der Waals surface area contributed by atoms with Crippen LogP contribution in [0.4, 0.5) is 0 Å². The Balaban J connectivity index is 0.000000150. The molecule has 0 aliphatic carbocycles. The summed E-state index contributed by atoms with van der Waals surface area (Å²) in [5, 5.41) is 0. The van der Waals surface area contributed by atoms with Gasteiger partial charge in [-0.05, 0) is 13.3 Å². The van der Waals surface area contributed by atoms with Gasteiger partial charge in [-0.25, -0.2) is 0 Å². The number of unbranched alkanes of at least 4 members (excludes halogenated alkanes) is 1. The third kappa shape index (κ3) is 6.58. The van der Waals surface area contributed by atoms with Crippen molar-refractivity contribution < 1.29 is 14.2 Å². The number of epoxide rings is 2. The quantitative estimate of drug-likeness (QED) is 0.479. The summed E-state index contributed by atoms with van der Waals surface area (Å²) >= 11 is 0. The van der Waals surface area contributed by atoms with Gasteiger partial charge in [-0.3, -0.25) is 0 Å². The highest BCUT2D eigenvalue weighted by molar-refractivity contribution is 4.58. The lowest BCUT2D eigenvalue weighted by Crippen LogP contribution is -1.96. The molecular formula is C9H18O3. The van der Waals surface area contributed by atoms with Gasteiger partial charge in [-0.15, -0.1) is 0 Å². The fourth-order valence-electron chi connectivity index (χ4n) is 0.591. The molecule has 2 atom stereocenters. The van der Waals surface area contributed by atoms with Crippen molar-refractivity contribution in [2.24, 2.45) is 0 Å². The molecule has 0 aromatic rings. The predicted octanol–water partition coefficient (Wildman–Crippen LogP) is 1.56. The Labute approximate surface area is 74.0 Å². The number of hydrogen-bond acceptors (Lipinski definition) is 3. The zero-order valence-corrected chi connectivity index (χ0v) is 7.91. The van der Waals surface area contributed by atoms with Crippen molar-refractivity contribution in [3.05, 3.63) is 0 Å². The monoisotopic (exact) mass is 174 g/mol. The SMILES string of the molecule is CC1CO1.CCCCOC1CO1. The van der Waals surface area contributed by atoms with Crippen LogP contribution < -0.4 is 0 Å². The maximum Gasteiger partial charge on any atom is 0.181 e. The van der Waals surface area contributed by atoms with Gasteiger partial charge in [-0.2, -0.15) is 0 Å². The molecule has 0 radical (unpaired) electrons. The summed E-state index contributed by atoms with van der Waals surface area (Å²) in [4.78, 5) is 0. The van der Waals surface area contributed by atoms with Crippen LogP contribution >= 0.6 is 0 Å². The van der Waals surface area contributed by atoms with Gasteiger partial charge in [0, 0.05) is 6.61 Å². The fourth-order valence-corrected chi connectivity index (χ4v) is 0.591. The third-order valence-electron chi connectivity index (χ3n) is 1.60. The molecule has 2 fully saturated rings. The standard InChI is InChI=1S/C6H12O2.C3H6O/c1-2-3-4-7-6-5-8-6;1-3-2-4-3/h6H,2-5H2,1H3;3H,2H2,1H3. The Morgan fingerprint density at radius 2 is 1.92 bits per heavy atom. The van der Waals surface area contributed by atoms with Gasteiger partial charge < -0.3 is 14.2 Å². The largest absolute Gasteiger partial charge is 0.373 e. The van der Waals surface area contributed by atoms with E-state index in [1.807, 2.05) is 0 Å². The first-order chi connectivity index (χ1) is 5.83. The molecule has 0 N–H and O–H groups in total. The van der Waals surface area contributed by atoms with Crippen LogP contribution in [-0.4, -0.2) is 32.2 Å². The summed E-state index contributed by atoms with van der Waals surface area (Å²) in [5.41, 5.74) is 0. The first-order valence-electron chi connectivity index (χ1n) is 4.67. The summed E-state index contributed by atoms with van der Waals surface area (Å²) in [6, 6.07) is 0. The molecule has 2 aliphatic rings. The molecule has 72 valence electrons. The van der Waals surface area contributed by atoms with Crippen molar-refractivity contribution >= 4 is 0 Å². The van der Waals surface area contributed by atoms with Gasteiger partial charge in [0.2, 0.25) is 0 Å². The van der Waals surface area contributed by atoms with E-state index in [2.05, 4.69) is 13.8 Å². The van der Waals surface area contributed by atoms with Crippen LogP contribution in [0.3, 0.4) is 0 Å². The molecule has 0 aromatic heterocycles. The fraction of sp³-hybridized carbons (Fsp3) is 1.00. The second-order valence-corrected chi connectivity index (χ2v) is 3.13. The van der Waals surface area contributed by atoms with Crippen LogP contribution in [0.15, 0.2) is 0 Å². The van der Waals surface area contributed by atoms with E-state index in [1.165, 1.54) is 6.42 Å². The van der Waals surface area contributed by atoms with E-state index in [4.69, 9.17) is 14.2 Å². The van der Waals surface area contributed by atoms with Gasteiger partial charge in [0.05, 0.1) is 12.7 Å². The Kier molecular flexibility index (Phi) is 4.58. The molecule has 3 nitrogen and oxygen atoms in total. The van der Waals surface area contributed by atoms with Crippen molar-refractivity contribution in [1.29, 1.82) is 0 Å². The van der Waals surface area contributed by atoms with Crippen molar-refractivity contribution in [2.75, 3.05) is 19.8 Å². The van der Waals surface area contributed by atoms with Crippen molar-refractivity contribution in [3.63, 3.8) is 0 Å². The molecule has 2 rings (SSSR count). The molecule has 0 saturated carbocycles. The first kappa shape index (κ1) is 9.96. The van der Waals surface area contributed by atoms with Crippen LogP contribution in [0.25, 0.3) is 0 Å².